The fraction of sp³-hybridized carbons (Fsp3) is 0.500. The SMILES string of the molecule is CC(C)(C)S(=O)(=O)CC(C1CC1)N1C(=O)[C@@](C)(CC(N)=O)O[C@H](c2cccc(Cl)c2)[C@H]1c1ccc(Cl)c(F)c1. The Bertz CT molecular complexity index is 1390. The minimum absolute atomic E-state index is 0.0957. The van der Waals surface area contributed by atoms with E-state index in [0.717, 1.165) is 12.8 Å². The first-order valence-corrected chi connectivity index (χ1v) is 15.2. The molecule has 0 aromatic heterocycles. The Morgan fingerprint density at radius 2 is 1.85 bits per heavy atom. The fourth-order valence-corrected chi connectivity index (χ4v) is 6.81. The van der Waals surface area contributed by atoms with Crippen LogP contribution in [0.5, 0.6) is 0 Å². The van der Waals surface area contributed by atoms with E-state index in [0.29, 0.717) is 16.1 Å². The van der Waals surface area contributed by atoms with Crippen LogP contribution in [0, 0.1) is 11.7 Å². The van der Waals surface area contributed by atoms with Gasteiger partial charge in [-0.15, -0.1) is 0 Å². The molecule has 1 saturated heterocycles. The minimum Gasteiger partial charge on any atom is -0.370 e. The van der Waals surface area contributed by atoms with E-state index in [1.807, 2.05) is 0 Å². The molecule has 1 aliphatic carbocycles. The second-order valence-corrected chi connectivity index (χ2v) is 15.2. The Morgan fingerprint density at radius 3 is 2.38 bits per heavy atom. The smallest absolute Gasteiger partial charge is 0.256 e. The van der Waals surface area contributed by atoms with Gasteiger partial charge in [-0.1, -0.05) is 41.4 Å². The van der Waals surface area contributed by atoms with E-state index in [-0.39, 0.29) is 16.7 Å². The molecule has 4 rings (SSSR count). The summed E-state index contributed by atoms with van der Waals surface area (Å²) in [5.41, 5.74) is 4.79. The normalized spacial score (nSPS) is 25.0. The quantitative estimate of drug-likeness (QED) is 0.438. The van der Waals surface area contributed by atoms with Crippen molar-refractivity contribution >= 4 is 44.9 Å². The molecule has 1 heterocycles. The molecule has 1 aliphatic heterocycles. The van der Waals surface area contributed by atoms with Gasteiger partial charge in [0.15, 0.2) is 15.4 Å². The highest BCUT2D eigenvalue weighted by molar-refractivity contribution is 7.92. The summed E-state index contributed by atoms with van der Waals surface area (Å²) in [4.78, 5) is 27.9. The summed E-state index contributed by atoms with van der Waals surface area (Å²) in [6.45, 7) is 6.33. The number of carbonyl (C=O) groups excluding carboxylic acids is 2. The molecule has 11 heteroatoms. The van der Waals surface area contributed by atoms with Crippen molar-refractivity contribution < 1.29 is 27.1 Å². The lowest BCUT2D eigenvalue weighted by atomic mass is 9.85. The highest BCUT2D eigenvalue weighted by Gasteiger charge is 2.56. The number of morpholine rings is 1. The summed E-state index contributed by atoms with van der Waals surface area (Å²) in [5.74, 6) is -2.42. The highest BCUT2D eigenvalue weighted by Crippen LogP contribution is 2.51. The van der Waals surface area contributed by atoms with Gasteiger partial charge < -0.3 is 15.4 Å². The van der Waals surface area contributed by atoms with Crippen molar-refractivity contribution in [3.63, 3.8) is 0 Å². The lowest BCUT2D eigenvalue weighted by Gasteiger charge is -2.52. The van der Waals surface area contributed by atoms with Gasteiger partial charge in [-0.25, -0.2) is 12.8 Å². The van der Waals surface area contributed by atoms with Gasteiger partial charge in [-0.05, 0) is 81.8 Å². The third-order valence-electron chi connectivity index (χ3n) is 7.48. The second kappa shape index (κ2) is 10.7. The number of primary amides is 1. The Labute approximate surface area is 238 Å². The maximum Gasteiger partial charge on any atom is 0.256 e. The number of hydrogen-bond donors (Lipinski definition) is 1. The fourth-order valence-electron chi connectivity index (χ4n) is 5.11. The number of amides is 2. The van der Waals surface area contributed by atoms with Crippen LogP contribution in [0.4, 0.5) is 4.39 Å². The maximum atomic E-state index is 14.8. The number of rotatable bonds is 8. The van der Waals surface area contributed by atoms with Gasteiger partial charge >= 0.3 is 0 Å². The van der Waals surface area contributed by atoms with Gasteiger partial charge in [-0.3, -0.25) is 9.59 Å². The van der Waals surface area contributed by atoms with E-state index < -0.39 is 62.4 Å². The Kier molecular flexibility index (Phi) is 8.13. The van der Waals surface area contributed by atoms with Crippen LogP contribution in [-0.2, 0) is 24.2 Å². The van der Waals surface area contributed by atoms with E-state index in [9.17, 15) is 22.4 Å². The number of halogens is 3. The molecule has 0 radical (unpaired) electrons. The first kappa shape index (κ1) is 29.8. The maximum absolute atomic E-state index is 14.8. The number of nitrogens with zero attached hydrogens (tertiary/aromatic N) is 1. The van der Waals surface area contributed by atoms with Crippen LogP contribution >= 0.6 is 23.2 Å². The highest BCUT2D eigenvalue weighted by atomic mass is 35.5. The number of carbonyl (C=O) groups is 2. The van der Waals surface area contributed by atoms with Crippen LogP contribution in [0.2, 0.25) is 10.0 Å². The summed E-state index contributed by atoms with van der Waals surface area (Å²) < 4.78 is 47.1. The Hall–Kier alpha value is -2.20. The molecule has 7 nitrogen and oxygen atoms in total. The average Bonchev–Trinajstić information content (AvgIpc) is 3.65. The van der Waals surface area contributed by atoms with Crippen LogP contribution < -0.4 is 5.73 Å². The second-order valence-electron chi connectivity index (χ2n) is 11.6. The first-order chi connectivity index (χ1) is 18.0. The summed E-state index contributed by atoms with van der Waals surface area (Å²) >= 11 is 12.3. The molecule has 212 valence electrons. The van der Waals surface area contributed by atoms with E-state index in [1.165, 1.54) is 24.0 Å². The van der Waals surface area contributed by atoms with Gasteiger partial charge in [0.1, 0.15) is 11.9 Å². The third-order valence-corrected chi connectivity index (χ3v) is 10.7. The van der Waals surface area contributed by atoms with Gasteiger partial charge in [0.2, 0.25) is 5.91 Å². The molecular formula is C28H33Cl2FN2O5S. The van der Waals surface area contributed by atoms with Crippen LogP contribution in [0.15, 0.2) is 42.5 Å². The van der Waals surface area contributed by atoms with Gasteiger partial charge in [-0.2, -0.15) is 0 Å². The number of ether oxygens (including phenoxy) is 1. The molecule has 0 bridgehead atoms. The molecule has 2 aromatic carbocycles. The number of hydrogen-bond acceptors (Lipinski definition) is 5. The van der Waals surface area contributed by atoms with Crippen LogP contribution in [0.25, 0.3) is 0 Å². The van der Waals surface area contributed by atoms with Gasteiger partial charge in [0, 0.05) is 11.1 Å². The molecule has 1 saturated carbocycles. The zero-order valence-corrected chi connectivity index (χ0v) is 24.6. The summed E-state index contributed by atoms with van der Waals surface area (Å²) in [6.07, 6.45) is 0.102. The lowest BCUT2D eigenvalue weighted by Crippen LogP contribution is -2.62. The first-order valence-electron chi connectivity index (χ1n) is 12.8. The van der Waals surface area contributed by atoms with E-state index in [4.69, 9.17) is 33.7 Å². The topological polar surface area (TPSA) is 107 Å². The molecule has 2 amide bonds. The van der Waals surface area contributed by atoms with E-state index in [2.05, 4.69) is 0 Å². The van der Waals surface area contributed by atoms with Crippen molar-refractivity contribution in [3.8, 4) is 0 Å². The van der Waals surface area contributed by atoms with E-state index in [1.54, 1.807) is 51.1 Å². The largest absolute Gasteiger partial charge is 0.370 e. The average molecular weight is 600 g/mol. The summed E-state index contributed by atoms with van der Waals surface area (Å²) in [7, 11) is -3.69. The molecule has 2 fully saturated rings. The zero-order valence-electron chi connectivity index (χ0n) is 22.3. The van der Waals surface area contributed by atoms with Crippen molar-refractivity contribution in [3.05, 3.63) is 69.5 Å². The third kappa shape index (κ3) is 6.11. The van der Waals surface area contributed by atoms with Crippen molar-refractivity contribution in [1.82, 2.24) is 4.90 Å². The molecular weight excluding hydrogens is 566 g/mol. The molecule has 2 aromatic rings. The number of nitrogens with two attached hydrogens (primary N) is 1. The minimum atomic E-state index is -3.69. The number of sulfone groups is 1. The van der Waals surface area contributed by atoms with Gasteiger partial charge in [0.25, 0.3) is 5.91 Å². The van der Waals surface area contributed by atoms with Gasteiger partial charge in [0.05, 0.1) is 28.0 Å². The lowest BCUT2D eigenvalue weighted by molar-refractivity contribution is -0.204. The number of benzene rings is 2. The Morgan fingerprint density at radius 1 is 1.18 bits per heavy atom. The summed E-state index contributed by atoms with van der Waals surface area (Å²) in [6, 6.07) is 9.35. The van der Waals surface area contributed by atoms with Crippen LogP contribution in [0.1, 0.15) is 70.2 Å². The van der Waals surface area contributed by atoms with Crippen molar-refractivity contribution in [1.29, 1.82) is 0 Å². The molecule has 0 spiro atoms. The van der Waals surface area contributed by atoms with Crippen LogP contribution in [-0.4, -0.2) is 47.3 Å². The molecule has 39 heavy (non-hydrogen) atoms. The Balaban J connectivity index is 1.97. The van der Waals surface area contributed by atoms with Crippen molar-refractivity contribution in [2.45, 2.75) is 75.5 Å². The molecule has 2 aliphatic rings. The predicted octanol–water partition coefficient (Wildman–Crippen LogP) is 5.40. The monoisotopic (exact) mass is 598 g/mol. The molecule has 4 atom stereocenters. The summed E-state index contributed by atoms with van der Waals surface area (Å²) in [5, 5.41) is 0.312. The van der Waals surface area contributed by atoms with Crippen molar-refractivity contribution in [2.24, 2.45) is 11.7 Å². The van der Waals surface area contributed by atoms with Crippen LogP contribution in [0.3, 0.4) is 0 Å². The van der Waals surface area contributed by atoms with E-state index >= 15 is 0 Å². The zero-order chi connectivity index (χ0) is 28.9. The standard InChI is InChI=1S/C28H33Cl2FN2O5S/c1-27(2,3)39(36,37)15-22(16-8-9-16)33-24(17-10-11-20(30)21(31)13-17)25(18-6-5-7-19(29)12-18)38-28(4,26(33)35)14-23(32)34/h5-7,10-13,16,22,24-25H,8-9,14-15H2,1-4H3,(H2,32,34)/t22?,24-,25-,28-/m1/s1. The molecule has 1 unspecified atom stereocenters. The molecule has 2 N–H and O–H groups in total. The predicted molar refractivity (Wildman–Crippen MR) is 149 cm³/mol. The van der Waals surface area contributed by atoms with Crippen molar-refractivity contribution in [2.75, 3.05) is 5.75 Å².